The average Bonchev–Trinajstić information content (AvgIpc) is 2.87. The van der Waals surface area contributed by atoms with Gasteiger partial charge in [0.2, 0.25) is 0 Å². The van der Waals surface area contributed by atoms with E-state index in [1.54, 1.807) is 0 Å². The molecule has 0 radical (unpaired) electrons. The van der Waals surface area contributed by atoms with Crippen molar-refractivity contribution in [1.82, 2.24) is 4.37 Å². The van der Waals surface area contributed by atoms with E-state index in [1.165, 1.54) is 0 Å². The van der Waals surface area contributed by atoms with Gasteiger partial charge in [0.25, 0.3) is 0 Å². The van der Waals surface area contributed by atoms with Gasteiger partial charge in [-0.3, -0.25) is 0 Å². The predicted molar refractivity (Wildman–Crippen MR) is 53.0 cm³/mol. The minimum Gasteiger partial charge on any atom is -0.383 e. The first kappa shape index (κ1) is 10.5. The quantitative estimate of drug-likeness (QED) is 0.849. The molecular weight excluding hydrogens is 227 g/mol. The number of aromatic nitrogens is 1. The number of nitrogens with zero attached hydrogens (tertiary/aromatic N) is 1. The Morgan fingerprint density at radius 3 is 2.67 bits per heavy atom. The molecule has 1 aliphatic rings. The third kappa shape index (κ3) is 2.53. The smallest absolute Gasteiger partial charge is 0.383 e. The third-order valence-corrected chi connectivity index (χ3v) is 3.03. The van der Waals surface area contributed by atoms with Crippen LogP contribution in [0.1, 0.15) is 24.3 Å². The lowest BCUT2D eigenvalue weighted by Gasteiger charge is -2.08. The predicted octanol–water partition coefficient (Wildman–Crippen LogP) is 2.58. The summed E-state index contributed by atoms with van der Waals surface area (Å²) in [6, 6.07) is 0. The third-order valence-electron chi connectivity index (χ3n) is 2.19. The number of halogens is 3. The molecule has 0 aromatic carbocycles. The van der Waals surface area contributed by atoms with E-state index in [0.717, 1.165) is 29.9 Å². The van der Waals surface area contributed by atoms with Crippen LogP contribution in [0.25, 0.3) is 0 Å². The van der Waals surface area contributed by atoms with Crippen molar-refractivity contribution in [2.75, 3.05) is 17.6 Å². The van der Waals surface area contributed by atoms with Crippen LogP contribution >= 0.6 is 11.5 Å². The molecule has 1 aliphatic carbocycles. The van der Waals surface area contributed by atoms with Crippen LogP contribution in [0.2, 0.25) is 0 Å². The summed E-state index contributed by atoms with van der Waals surface area (Å²) in [6.45, 7) is -1.03. The van der Waals surface area contributed by atoms with Gasteiger partial charge in [0, 0.05) is 5.56 Å². The van der Waals surface area contributed by atoms with Crippen LogP contribution in [0, 0.1) is 0 Å². The van der Waals surface area contributed by atoms with E-state index >= 15 is 0 Å². The Labute approximate surface area is 88.6 Å². The summed E-state index contributed by atoms with van der Waals surface area (Å²) in [6.07, 6.45) is -2.23. The summed E-state index contributed by atoms with van der Waals surface area (Å²) in [4.78, 5) is 0. The van der Waals surface area contributed by atoms with Crippen molar-refractivity contribution < 1.29 is 13.2 Å². The fraction of sp³-hybridized carbons (Fsp3) is 0.625. The van der Waals surface area contributed by atoms with Crippen molar-refractivity contribution in [3.8, 4) is 0 Å². The van der Waals surface area contributed by atoms with E-state index in [9.17, 15) is 13.2 Å². The first-order valence-corrected chi connectivity index (χ1v) is 5.30. The minimum atomic E-state index is -4.21. The number of alkyl halides is 3. The molecule has 0 spiro atoms. The first-order chi connectivity index (χ1) is 6.97. The number of rotatable bonds is 3. The van der Waals surface area contributed by atoms with E-state index in [-0.39, 0.29) is 0 Å². The number of nitrogen functional groups attached to an aromatic ring is 1. The van der Waals surface area contributed by atoms with Gasteiger partial charge >= 0.3 is 6.18 Å². The van der Waals surface area contributed by atoms with Crippen LogP contribution in [-0.4, -0.2) is 17.1 Å². The van der Waals surface area contributed by atoms with E-state index in [0.29, 0.717) is 16.7 Å². The molecule has 0 bridgehead atoms. The van der Waals surface area contributed by atoms with Crippen molar-refractivity contribution >= 4 is 22.4 Å². The van der Waals surface area contributed by atoms with Crippen molar-refractivity contribution in [3.05, 3.63) is 5.56 Å². The van der Waals surface area contributed by atoms with Gasteiger partial charge in [-0.25, -0.2) is 0 Å². The standard InChI is InChI=1S/C8H10F3N3S/c9-8(10,11)3-13-7-5(4-1-2-4)6(12)14-15-7/h4,13H,1-3H2,(H2,12,14). The Morgan fingerprint density at radius 1 is 1.47 bits per heavy atom. The van der Waals surface area contributed by atoms with Gasteiger partial charge in [0.1, 0.15) is 17.4 Å². The van der Waals surface area contributed by atoms with Crippen LogP contribution in [-0.2, 0) is 0 Å². The van der Waals surface area contributed by atoms with Crippen molar-refractivity contribution in [1.29, 1.82) is 0 Å². The second kappa shape index (κ2) is 3.55. The molecule has 0 saturated heterocycles. The summed E-state index contributed by atoms with van der Waals surface area (Å²) < 4.78 is 39.8. The Balaban J connectivity index is 2.08. The molecule has 0 atom stereocenters. The van der Waals surface area contributed by atoms with Crippen LogP contribution < -0.4 is 11.1 Å². The summed E-state index contributed by atoms with van der Waals surface area (Å²) in [5, 5.41) is 2.81. The van der Waals surface area contributed by atoms with Gasteiger partial charge in [-0.05, 0) is 30.3 Å². The molecule has 1 heterocycles. The van der Waals surface area contributed by atoms with Crippen molar-refractivity contribution in [3.63, 3.8) is 0 Å². The molecule has 84 valence electrons. The van der Waals surface area contributed by atoms with Gasteiger partial charge in [0.15, 0.2) is 0 Å². The lowest BCUT2D eigenvalue weighted by atomic mass is 10.2. The summed E-state index contributed by atoms with van der Waals surface area (Å²) in [5.41, 5.74) is 6.37. The highest BCUT2D eigenvalue weighted by Crippen LogP contribution is 2.47. The highest BCUT2D eigenvalue weighted by atomic mass is 32.1. The Hall–Kier alpha value is -0.980. The monoisotopic (exact) mass is 237 g/mol. The summed E-state index contributed by atoms with van der Waals surface area (Å²) in [7, 11) is 0. The summed E-state index contributed by atoms with van der Waals surface area (Å²) in [5.74, 6) is 0.673. The molecule has 3 nitrogen and oxygen atoms in total. The van der Waals surface area contributed by atoms with E-state index in [4.69, 9.17) is 5.73 Å². The molecular formula is C8H10F3N3S. The van der Waals surface area contributed by atoms with Crippen molar-refractivity contribution in [2.24, 2.45) is 0 Å². The van der Waals surface area contributed by atoms with E-state index in [1.807, 2.05) is 0 Å². The second-order valence-electron chi connectivity index (χ2n) is 3.55. The van der Waals surface area contributed by atoms with Crippen LogP contribution in [0.5, 0.6) is 0 Å². The lowest BCUT2D eigenvalue weighted by molar-refractivity contribution is -0.115. The fourth-order valence-electron chi connectivity index (χ4n) is 1.38. The second-order valence-corrected chi connectivity index (χ2v) is 4.33. The number of nitrogens with two attached hydrogens (primary N) is 1. The van der Waals surface area contributed by atoms with E-state index < -0.39 is 12.7 Å². The van der Waals surface area contributed by atoms with Gasteiger partial charge < -0.3 is 11.1 Å². The lowest BCUT2D eigenvalue weighted by Crippen LogP contribution is -2.21. The molecule has 1 aromatic rings. The molecule has 0 aliphatic heterocycles. The number of hydrogen-bond donors (Lipinski definition) is 2. The Morgan fingerprint density at radius 2 is 2.13 bits per heavy atom. The topological polar surface area (TPSA) is 50.9 Å². The highest BCUT2D eigenvalue weighted by molar-refractivity contribution is 7.10. The highest BCUT2D eigenvalue weighted by Gasteiger charge is 2.32. The number of anilines is 2. The maximum Gasteiger partial charge on any atom is 0.405 e. The molecule has 1 fully saturated rings. The summed E-state index contributed by atoms with van der Waals surface area (Å²) >= 11 is 0.999. The molecule has 0 amide bonds. The molecule has 1 saturated carbocycles. The number of nitrogens with one attached hydrogen (secondary N) is 1. The van der Waals surface area contributed by atoms with Gasteiger partial charge in [-0.2, -0.15) is 17.5 Å². The van der Waals surface area contributed by atoms with Crippen molar-refractivity contribution in [2.45, 2.75) is 24.9 Å². The van der Waals surface area contributed by atoms with Crippen LogP contribution in [0.3, 0.4) is 0 Å². The van der Waals surface area contributed by atoms with Gasteiger partial charge in [0.05, 0.1) is 0 Å². The zero-order chi connectivity index (χ0) is 11.1. The normalized spacial score (nSPS) is 16.7. The van der Waals surface area contributed by atoms with E-state index in [2.05, 4.69) is 9.69 Å². The molecule has 2 rings (SSSR count). The van der Waals surface area contributed by atoms with Crippen LogP contribution in [0.15, 0.2) is 0 Å². The Bertz CT molecular complexity index is 357. The molecule has 1 aromatic heterocycles. The fourth-order valence-corrected chi connectivity index (χ4v) is 2.18. The zero-order valence-corrected chi connectivity index (χ0v) is 8.58. The largest absolute Gasteiger partial charge is 0.405 e. The minimum absolute atomic E-state index is 0.305. The SMILES string of the molecule is Nc1nsc(NCC(F)(F)F)c1C1CC1. The molecule has 3 N–H and O–H groups in total. The zero-order valence-electron chi connectivity index (χ0n) is 7.77. The van der Waals surface area contributed by atoms with Gasteiger partial charge in [-0.1, -0.05) is 0 Å². The Kier molecular flexibility index (Phi) is 2.49. The molecule has 15 heavy (non-hydrogen) atoms. The maximum absolute atomic E-state index is 12.0. The molecule has 7 heteroatoms. The maximum atomic E-state index is 12.0. The van der Waals surface area contributed by atoms with Gasteiger partial charge in [-0.15, -0.1) is 0 Å². The van der Waals surface area contributed by atoms with Crippen LogP contribution in [0.4, 0.5) is 24.0 Å². The molecule has 0 unspecified atom stereocenters. The first-order valence-electron chi connectivity index (χ1n) is 4.53. The average molecular weight is 237 g/mol. The number of hydrogen-bond acceptors (Lipinski definition) is 4.